The molecule has 134 valence electrons. The van der Waals surface area contributed by atoms with Crippen molar-refractivity contribution in [3.05, 3.63) is 71.6 Å². The zero-order valence-corrected chi connectivity index (χ0v) is 15.8. The van der Waals surface area contributed by atoms with E-state index in [1.807, 2.05) is 36.6 Å². The van der Waals surface area contributed by atoms with Crippen LogP contribution in [0.25, 0.3) is 10.9 Å². The number of pyridine rings is 1. The van der Waals surface area contributed by atoms with E-state index in [1.54, 1.807) is 6.20 Å². The van der Waals surface area contributed by atoms with Gasteiger partial charge >= 0.3 is 0 Å². The summed E-state index contributed by atoms with van der Waals surface area (Å²) in [5, 5.41) is 4.07. The summed E-state index contributed by atoms with van der Waals surface area (Å²) in [6.45, 7) is 12.7. The minimum Gasteiger partial charge on any atom is -0.332 e. The molecule has 0 aliphatic rings. The zero-order chi connectivity index (χ0) is 18.8. The van der Waals surface area contributed by atoms with E-state index in [9.17, 15) is 4.79 Å². The molecule has 26 heavy (non-hydrogen) atoms. The van der Waals surface area contributed by atoms with Crippen molar-refractivity contribution in [1.29, 1.82) is 0 Å². The van der Waals surface area contributed by atoms with Crippen molar-refractivity contribution in [1.82, 2.24) is 9.55 Å². The molecule has 3 aromatic rings. The van der Waals surface area contributed by atoms with E-state index >= 15 is 0 Å². The van der Waals surface area contributed by atoms with Crippen LogP contribution in [0.3, 0.4) is 0 Å². The molecule has 4 heteroatoms. The van der Waals surface area contributed by atoms with Gasteiger partial charge in [-0.25, -0.2) is 4.98 Å². The fourth-order valence-corrected chi connectivity index (χ4v) is 3.29. The predicted molar refractivity (Wildman–Crippen MR) is 108 cm³/mol. The van der Waals surface area contributed by atoms with Crippen molar-refractivity contribution >= 4 is 22.6 Å². The lowest BCUT2D eigenvalue weighted by atomic mass is 10.0. The van der Waals surface area contributed by atoms with Crippen LogP contribution in [0.5, 0.6) is 0 Å². The molecule has 0 aliphatic heterocycles. The highest BCUT2D eigenvalue weighted by atomic mass is 16.2. The lowest BCUT2D eigenvalue weighted by molar-refractivity contribution is 0.101. The number of anilines is 1. The van der Waals surface area contributed by atoms with Gasteiger partial charge < -0.3 is 9.88 Å². The van der Waals surface area contributed by atoms with Crippen LogP contribution >= 0.6 is 0 Å². The van der Waals surface area contributed by atoms with Crippen molar-refractivity contribution in [2.45, 2.75) is 40.2 Å². The number of allylic oxidation sites excluding steroid dienone is 1. The zero-order valence-electron chi connectivity index (χ0n) is 15.8. The number of hydrogen-bond acceptors (Lipinski definition) is 2. The van der Waals surface area contributed by atoms with E-state index < -0.39 is 0 Å². The van der Waals surface area contributed by atoms with E-state index in [-0.39, 0.29) is 5.91 Å². The van der Waals surface area contributed by atoms with Gasteiger partial charge in [-0.2, -0.15) is 0 Å². The van der Waals surface area contributed by atoms with Crippen LogP contribution < -0.4 is 5.32 Å². The Labute approximate surface area is 154 Å². The van der Waals surface area contributed by atoms with Crippen LogP contribution in [0.2, 0.25) is 0 Å². The van der Waals surface area contributed by atoms with Crippen LogP contribution in [0.1, 0.15) is 46.9 Å². The summed E-state index contributed by atoms with van der Waals surface area (Å²) in [5.74, 6) is 0.888. The van der Waals surface area contributed by atoms with E-state index in [1.165, 1.54) is 5.56 Å². The molecule has 0 spiro atoms. The smallest absolute Gasteiger partial charge is 0.273 e. The van der Waals surface area contributed by atoms with E-state index in [0.717, 1.165) is 22.0 Å². The van der Waals surface area contributed by atoms with Gasteiger partial charge in [0.25, 0.3) is 5.91 Å². The number of hydrogen-bond donors (Lipinski definition) is 1. The first-order chi connectivity index (χ1) is 12.4. The molecule has 0 saturated heterocycles. The van der Waals surface area contributed by atoms with Crippen molar-refractivity contribution in [3.8, 4) is 0 Å². The number of fused-ring (bicyclic) bond motifs is 1. The quantitative estimate of drug-likeness (QED) is 0.644. The summed E-state index contributed by atoms with van der Waals surface area (Å²) in [6.07, 6.45) is 3.50. The van der Waals surface area contributed by atoms with Crippen LogP contribution in [0, 0.1) is 13.8 Å². The number of nitrogens with zero attached hydrogens (tertiary/aromatic N) is 2. The average Bonchev–Trinajstić information content (AvgIpc) is 2.89. The normalized spacial score (nSPS) is 11.1. The number of amides is 1. The van der Waals surface area contributed by atoms with Gasteiger partial charge in [0.2, 0.25) is 0 Å². The van der Waals surface area contributed by atoms with Gasteiger partial charge in [-0.05, 0) is 54.7 Å². The number of carbonyl (C=O) groups excluding carboxylic acids is 1. The summed E-state index contributed by atoms with van der Waals surface area (Å²) in [4.78, 5) is 17.3. The second kappa shape index (κ2) is 7.16. The third-order valence-electron chi connectivity index (χ3n) is 4.78. The highest BCUT2D eigenvalue weighted by molar-refractivity contribution is 6.08. The van der Waals surface area contributed by atoms with Crippen molar-refractivity contribution in [3.63, 3.8) is 0 Å². The minimum atomic E-state index is -0.145. The predicted octanol–water partition coefficient (Wildman–Crippen LogP) is 5.21. The first-order valence-electron chi connectivity index (χ1n) is 8.90. The molecular formula is C22H25N3O. The second-order valence-corrected chi connectivity index (χ2v) is 6.93. The summed E-state index contributed by atoms with van der Waals surface area (Å²) < 4.78 is 2.02. The van der Waals surface area contributed by atoms with Gasteiger partial charge in [-0.1, -0.05) is 32.1 Å². The van der Waals surface area contributed by atoms with Crippen molar-refractivity contribution in [2.24, 2.45) is 0 Å². The molecule has 1 amide bonds. The van der Waals surface area contributed by atoms with Crippen molar-refractivity contribution in [2.75, 3.05) is 5.32 Å². The first-order valence-corrected chi connectivity index (χ1v) is 8.90. The van der Waals surface area contributed by atoms with Gasteiger partial charge in [0, 0.05) is 23.6 Å². The highest BCUT2D eigenvalue weighted by Gasteiger charge is 2.21. The Balaban J connectivity index is 2.13. The fraction of sp³-hybridized carbons (Fsp3) is 0.273. The summed E-state index contributed by atoms with van der Waals surface area (Å²) in [5.41, 5.74) is 4.90. The summed E-state index contributed by atoms with van der Waals surface area (Å²) in [7, 11) is 0. The number of aryl methyl sites for hydroxylation is 2. The van der Waals surface area contributed by atoms with E-state index in [0.29, 0.717) is 24.0 Å². The van der Waals surface area contributed by atoms with Crippen LogP contribution in [-0.4, -0.2) is 15.5 Å². The lowest BCUT2D eigenvalue weighted by Crippen LogP contribution is -2.19. The number of carbonyl (C=O) groups is 1. The van der Waals surface area contributed by atoms with E-state index in [4.69, 9.17) is 0 Å². The largest absolute Gasteiger partial charge is 0.332 e. The van der Waals surface area contributed by atoms with Crippen molar-refractivity contribution < 1.29 is 4.79 Å². The maximum atomic E-state index is 13.1. The molecule has 0 bridgehead atoms. The average molecular weight is 347 g/mol. The molecule has 0 saturated carbocycles. The standard InChI is InChI=1S/C22H25N3O/c1-6-12-25-19-10-9-17(14(2)3)13-18(19)16(5)20(25)22(26)24-21-15(4)8-7-11-23-21/h6-11,13-14H,1,12H2,2-5H3,(H,23,24,26). The summed E-state index contributed by atoms with van der Waals surface area (Å²) >= 11 is 0. The monoisotopic (exact) mass is 347 g/mol. The van der Waals surface area contributed by atoms with Gasteiger partial charge in [0.1, 0.15) is 11.5 Å². The van der Waals surface area contributed by atoms with Crippen LogP contribution in [0.4, 0.5) is 5.82 Å². The number of benzene rings is 1. The van der Waals surface area contributed by atoms with Gasteiger partial charge in [-0.3, -0.25) is 4.79 Å². The Kier molecular flexibility index (Phi) is 4.94. The minimum absolute atomic E-state index is 0.145. The van der Waals surface area contributed by atoms with Gasteiger partial charge in [0.05, 0.1) is 0 Å². The molecule has 0 fully saturated rings. The van der Waals surface area contributed by atoms with Gasteiger partial charge in [0.15, 0.2) is 0 Å². The Morgan fingerprint density at radius 1 is 1.31 bits per heavy atom. The second-order valence-electron chi connectivity index (χ2n) is 6.93. The molecule has 3 rings (SSSR count). The molecule has 0 unspecified atom stereocenters. The number of aromatic nitrogens is 2. The summed E-state index contributed by atoms with van der Waals surface area (Å²) in [6, 6.07) is 10.2. The first kappa shape index (κ1) is 17.9. The Hall–Kier alpha value is -2.88. The van der Waals surface area contributed by atoms with Gasteiger partial charge in [-0.15, -0.1) is 6.58 Å². The Morgan fingerprint density at radius 3 is 2.73 bits per heavy atom. The van der Waals surface area contributed by atoms with Crippen LogP contribution in [0.15, 0.2) is 49.2 Å². The molecule has 2 aromatic heterocycles. The highest BCUT2D eigenvalue weighted by Crippen LogP contribution is 2.29. The fourth-order valence-electron chi connectivity index (χ4n) is 3.29. The maximum absolute atomic E-state index is 13.1. The van der Waals surface area contributed by atoms with Crippen LogP contribution in [-0.2, 0) is 6.54 Å². The molecular weight excluding hydrogens is 322 g/mol. The molecule has 0 aliphatic carbocycles. The van der Waals surface area contributed by atoms with E-state index in [2.05, 4.69) is 48.9 Å². The molecule has 0 atom stereocenters. The molecule has 1 aromatic carbocycles. The Bertz CT molecular complexity index is 982. The molecule has 1 N–H and O–H groups in total. The number of rotatable bonds is 5. The molecule has 4 nitrogen and oxygen atoms in total. The lowest BCUT2D eigenvalue weighted by Gasteiger charge is -2.11. The third kappa shape index (κ3) is 3.15. The Morgan fingerprint density at radius 2 is 2.08 bits per heavy atom. The number of nitrogens with one attached hydrogen (secondary N) is 1. The molecule has 2 heterocycles. The molecule has 0 radical (unpaired) electrons. The topological polar surface area (TPSA) is 46.9 Å². The SMILES string of the molecule is C=CCn1c(C(=O)Nc2ncccc2C)c(C)c2cc(C(C)C)ccc21. The maximum Gasteiger partial charge on any atom is 0.273 e. The third-order valence-corrected chi connectivity index (χ3v) is 4.78.